The number of hydrogen-bond donors (Lipinski definition) is 1. The number of nitrogens with zero attached hydrogens (tertiary/aromatic N) is 2. The molecule has 0 aromatic carbocycles. The minimum atomic E-state index is -0.627. The van der Waals surface area contributed by atoms with Crippen molar-refractivity contribution in [1.82, 2.24) is 0 Å². The number of allylic oxidation sites excluding steroid dienone is 2. The second kappa shape index (κ2) is 7.44. The lowest BCUT2D eigenvalue weighted by Gasteiger charge is -2.61. The molecule has 4 aliphatic carbocycles. The Bertz CT molecular complexity index is 793. The summed E-state index contributed by atoms with van der Waals surface area (Å²) in [6.07, 6.45) is 8.61. The van der Waals surface area contributed by atoms with Gasteiger partial charge in [-0.05, 0) is 85.9 Å². The molecule has 4 saturated carbocycles. The molecule has 8 atom stereocenters. The fourth-order valence-electron chi connectivity index (χ4n) is 7.81. The number of carbonyl (C=O) groups excluding carboxylic acids is 1. The predicted molar refractivity (Wildman–Crippen MR) is 107 cm³/mol. The minimum Gasteiger partial charge on any atom is -0.459 e. The SMILES string of the molecule is C[C@]12C[C@H](OC(=O)CC#N)[C@@H](O)C[C@@H]1CC[C@@H]1[C@@H]2CC[C@]2(C)/C(=C\C#N)CC[C@@H]12. The normalized spacial score (nSPS) is 47.3. The Balaban J connectivity index is 1.57. The molecule has 0 spiro atoms. The van der Waals surface area contributed by atoms with Gasteiger partial charge in [0.2, 0.25) is 0 Å². The van der Waals surface area contributed by atoms with Crippen molar-refractivity contribution in [3.8, 4) is 12.1 Å². The third-order valence-corrected chi connectivity index (χ3v) is 9.25. The van der Waals surface area contributed by atoms with E-state index in [1.807, 2.05) is 6.07 Å². The number of rotatable bonds is 2. The molecule has 0 amide bonds. The van der Waals surface area contributed by atoms with Gasteiger partial charge in [-0.1, -0.05) is 19.4 Å². The minimum absolute atomic E-state index is 0.0583. The van der Waals surface area contributed by atoms with Gasteiger partial charge in [0.1, 0.15) is 12.5 Å². The maximum Gasteiger partial charge on any atom is 0.320 e. The lowest BCUT2D eigenvalue weighted by atomic mass is 9.44. The van der Waals surface area contributed by atoms with E-state index < -0.39 is 18.2 Å². The Morgan fingerprint density at radius 3 is 2.76 bits per heavy atom. The predicted octanol–water partition coefficient (Wildman–Crippen LogP) is 4.28. The maximum atomic E-state index is 11.9. The fourth-order valence-corrected chi connectivity index (χ4v) is 7.81. The van der Waals surface area contributed by atoms with Crippen molar-refractivity contribution in [3.05, 3.63) is 11.6 Å². The van der Waals surface area contributed by atoms with Crippen LogP contribution in [0.2, 0.25) is 0 Å². The van der Waals surface area contributed by atoms with Gasteiger partial charge in [-0.3, -0.25) is 4.79 Å². The van der Waals surface area contributed by atoms with Crippen LogP contribution < -0.4 is 0 Å². The van der Waals surface area contributed by atoms with Crippen molar-refractivity contribution in [2.75, 3.05) is 0 Å². The van der Waals surface area contributed by atoms with Gasteiger partial charge in [-0.15, -0.1) is 0 Å². The van der Waals surface area contributed by atoms with Gasteiger partial charge >= 0.3 is 5.97 Å². The van der Waals surface area contributed by atoms with Gasteiger partial charge in [0.25, 0.3) is 0 Å². The zero-order valence-corrected chi connectivity index (χ0v) is 17.6. The molecular formula is C24H32N2O3. The van der Waals surface area contributed by atoms with Crippen LogP contribution >= 0.6 is 0 Å². The Kier molecular flexibility index (Phi) is 5.24. The van der Waals surface area contributed by atoms with E-state index >= 15 is 0 Å². The van der Waals surface area contributed by atoms with Crippen LogP contribution in [0, 0.1) is 57.2 Å². The first-order chi connectivity index (χ1) is 13.8. The summed E-state index contributed by atoms with van der Waals surface area (Å²) in [5.74, 6) is 1.79. The summed E-state index contributed by atoms with van der Waals surface area (Å²) in [7, 11) is 0. The van der Waals surface area contributed by atoms with Crippen LogP contribution in [0.4, 0.5) is 0 Å². The third kappa shape index (κ3) is 3.19. The second-order valence-corrected chi connectivity index (χ2v) is 10.3. The number of aliphatic hydroxyl groups excluding tert-OH is 1. The first-order valence-corrected chi connectivity index (χ1v) is 11.2. The smallest absolute Gasteiger partial charge is 0.320 e. The Labute approximate surface area is 173 Å². The highest BCUT2D eigenvalue weighted by Crippen LogP contribution is 2.67. The molecule has 0 heterocycles. The van der Waals surface area contributed by atoms with Crippen LogP contribution in [-0.2, 0) is 9.53 Å². The summed E-state index contributed by atoms with van der Waals surface area (Å²) in [6.45, 7) is 4.73. The molecule has 5 nitrogen and oxygen atoms in total. The molecule has 4 fully saturated rings. The molecule has 0 saturated heterocycles. The zero-order valence-electron chi connectivity index (χ0n) is 17.6. The van der Waals surface area contributed by atoms with Gasteiger partial charge in [0.05, 0.1) is 18.2 Å². The highest BCUT2D eigenvalue weighted by Gasteiger charge is 2.60. The van der Waals surface area contributed by atoms with E-state index in [2.05, 4.69) is 19.9 Å². The Hall–Kier alpha value is -1.85. The van der Waals surface area contributed by atoms with Gasteiger partial charge in [0.15, 0.2) is 0 Å². The molecular weight excluding hydrogens is 364 g/mol. The Morgan fingerprint density at radius 1 is 1.24 bits per heavy atom. The number of aliphatic hydroxyl groups is 1. The molecule has 29 heavy (non-hydrogen) atoms. The van der Waals surface area contributed by atoms with Crippen LogP contribution in [-0.4, -0.2) is 23.3 Å². The molecule has 5 heteroatoms. The van der Waals surface area contributed by atoms with Crippen LogP contribution in [0.25, 0.3) is 0 Å². The molecule has 0 aromatic rings. The van der Waals surface area contributed by atoms with Gasteiger partial charge < -0.3 is 9.84 Å². The molecule has 4 rings (SSSR count). The van der Waals surface area contributed by atoms with Crippen LogP contribution in [0.1, 0.15) is 71.6 Å². The van der Waals surface area contributed by atoms with Crippen molar-refractivity contribution in [2.24, 2.45) is 34.5 Å². The van der Waals surface area contributed by atoms with Crippen molar-refractivity contribution >= 4 is 5.97 Å². The van der Waals surface area contributed by atoms with E-state index in [0.717, 1.165) is 25.7 Å². The first-order valence-electron chi connectivity index (χ1n) is 11.2. The van der Waals surface area contributed by atoms with Crippen molar-refractivity contribution < 1.29 is 14.6 Å². The van der Waals surface area contributed by atoms with E-state index in [1.54, 1.807) is 6.08 Å². The average molecular weight is 397 g/mol. The maximum absolute atomic E-state index is 11.9. The number of nitriles is 2. The van der Waals surface area contributed by atoms with Crippen molar-refractivity contribution in [1.29, 1.82) is 10.5 Å². The van der Waals surface area contributed by atoms with E-state index in [1.165, 1.54) is 18.4 Å². The van der Waals surface area contributed by atoms with E-state index in [9.17, 15) is 15.2 Å². The van der Waals surface area contributed by atoms with Gasteiger partial charge in [-0.2, -0.15) is 10.5 Å². The summed E-state index contributed by atoms with van der Waals surface area (Å²) in [4.78, 5) is 11.9. The van der Waals surface area contributed by atoms with Gasteiger partial charge in [-0.25, -0.2) is 0 Å². The fraction of sp³-hybridized carbons (Fsp3) is 0.792. The standard InChI is InChI=1S/C24H32N2O3/c1-23-10-7-19-17(18(23)6-4-15(23)8-11-25)5-3-16-13-20(27)21(14-24(16,19)2)29-22(28)9-12-26/h8,16-21,27H,3-7,9-10,13-14H2,1-2H3/b15-8-/t16-,17-,18-,19-,20-,21-,23+,24-/m0/s1. The summed E-state index contributed by atoms with van der Waals surface area (Å²) in [6, 6.07) is 4.11. The summed E-state index contributed by atoms with van der Waals surface area (Å²) in [5.41, 5.74) is 1.56. The summed E-state index contributed by atoms with van der Waals surface area (Å²) in [5, 5.41) is 28.6. The van der Waals surface area contributed by atoms with E-state index in [4.69, 9.17) is 10.00 Å². The molecule has 156 valence electrons. The number of esters is 1. The van der Waals surface area contributed by atoms with E-state index in [-0.39, 0.29) is 17.3 Å². The highest BCUT2D eigenvalue weighted by atomic mass is 16.6. The third-order valence-electron chi connectivity index (χ3n) is 9.25. The molecule has 0 unspecified atom stereocenters. The molecule has 1 N–H and O–H groups in total. The highest BCUT2D eigenvalue weighted by molar-refractivity contribution is 5.72. The molecule has 0 bridgehead atoms. The summed E-state index contributed by atoms with van der Waals surface area (Å²) >= 11 is 0. The summed E-state index contributed by atoms with van der Waals surface area (Å²) < 4.78 is 5.54. The zero-order chi connectivity index (χ0) is 20.8. The van der Waals surface area contributed by atoms with Crippen LogP contribution in [0.3, 0.4) is 0 Å². The van der Waals surface area contributed by atoms with Crippen LogP contribution in [0.5, 0.6) is 0 Å². The topological polar surface area (TPSA) is 94.1 Å². The van der Waals surface area contributed by atoms with Crippen molar-refractivity contribution in [3.63, 3.8) is 0 Å². The molecule has 0 radical (unpaired) electrons. The monoisotopic (exact) mass is 396 g/mol. The molecule has 0 aliphatic heterocycles. The average Bonchev–Trinajstić information content (AvgIpc) is 3.00. The second-order valence-electron chi connectivity index (χ2n) is 10.3. The quantitative estimate of drug-likeness (QED) is 0.555. The first kappa shape index (κ1) is 20.4. The number of fused-ring (bicyclic) bond motifs is 5. The molecule has 4 aliphatic rings. The lowest BCUT2D eigenvalue weighted by molar-refractivity contribution is -0.181. The largest absolute Gasteiger partial charge is 0.459 e. The van der Waals surface area contributed by atoms with Crippen LogP contribution in [0.15, 0.2) is 11.6 Å². The van der Waals surface area contributed by atoms with Gasteiger partial charge in [0, 0.05) is 6.08 Å². The molecule has 0 aromatic heterocycles. The Morgan fingerprint density at radius 2 is 2.03 bits per heavy atom. The van der Waals surface area contributed by atoms with E-state index in [0.29, 0.717) is 36.5 Å². The number of hydrogen-bond acceptors (Lipinski definition) is 5. The number of ether oxygens (including phenoxy) is 1. The van der Waals surface area contributed by atoms with Crippen molar-refractivity contribution in [2.45, 2.75) is 83.8 Å². The number of carbonyl (C=O) groups is 1. The lowest BCUT2D eigenvalue weighted by Crippen LogP contribution is -2.56.